The molecule has 7 nitrogen and oxygen atoms in total. The number of ether oxygens (including phenoxy) is 1. The maximum atomic E-state index is 12.8. The molecule has 0 spiro atoms. The van der Waals surface area contributed by atoms with E-state index in [1.54, 1.807) is 48.3 Å². The number of halogens is 3. The number of nitrogens with zero attached hydrogens (tertiary/aromatic N) is 2. The van der Waals surface area contributed by atoms with Gasteiger partial charge in [0.1, 0.15) is 17.6 Å². The van der Waals surface area contributed by atoms with Gasteiger partial charge in [0.15, 0.2) is 0 Å². The minimum absolute atomic E-state index is 0.0183. The number of alkyl halides is 3. The number of benzene rings is 2. The lowest BCUT2D eigenvalue weighted by atomic mass is 10.0. The van der Waals surface area contributed by atoms with E-state index >= 15 is 0 Å². The quantitative estimate of drug-likeness (QED) is 0.619. The molecule has 164 valence electrons. The van der Waals surface area contributed by atoms with E-state index in [0.29, 0.717) is 17.1 Å². The number of aryl methyl sites for hydroxylation is 1. The van der Waals surface area contributed by atoms with Gasteiger partial charge in [0.05, 0.1) is 12.0 Å². The first-order chi connectivity index (χ1) is 14.6. The molecule has 0 aliphatic carbocycles. The molecule has 0 aliphatic heterocycles. The molecule has 1 atom stereocenters. The van der Waals surface area contributed by atoms with Gasteiger partial charge in [0.2, 0.25) is 0 Å². The largest absolute Gasteiger partial charge is 0.501 e. The van der Waals surface area contributed by atoms with Gasteiger partial charge in [-0.1, -0.05) is 18.2 Å². The predicted octanol–water partition coefficient (Wildman–Crippen LogP) is 3.24. The van der Waals surface area contributed by atoms with Crippen molar-refractivity contribution in [3.8, 4) is 5.75 Å². The Morgan fingerprint density at radius 3 is 2.32 bits per heavy atom. The Kier molecular flexibility index (Phi) is 6.07. The number of hydrogen-bond donors (Lipinski definition) is 1. The number of rotatable bonds is 6. The minimum atomic E-state index is -5.50. The Hall–Kier alpha value is -3.34. The molecule has 0 fully saturated rings. The highest BCUT2D eigenvalue weighted by atomic mass is 32.2. The van der Waals surface area contributed by atoms with Crippen molar-refractivity contribution in [2.75, 3.05) is 7.11 Å². The molecular formula is C20H18F3N3O4S. The number of para-hydroxylation sites is 1. The van der Waals surface area contributed by atoms with Gasteiger partial charge in [0, 0.05) is 30.6 Å². The molecule has 11 heteroatoms. The van der Waals surface area contributed by atoms with Crippen molar-refractivity contribution >= 4 is 15.7 Å². The summed E-state index contributed by atoms with van der Waals surface area (Å²) in [4.78, 5) is 16.2. The first-order valence-electron chi connectivity index (χ1n) is 8.88. The number of methoxy groups -OCH3 is 1. The monoisotopic (exact) mass is 453 g/mol. The summed E-state index contributed by atoms with van der Waals surface area (Å²) in [6.45, 7) is 0. The second-order valence-electron chi connectivity index (χ2n) is 6.52. The molecule has 0 radical (unpaired) electrons. The van der Waals surface area contributed by atoms with E-state index in [1.807, 2.05) is 0 Å². The van der Waals surface area contributed by atoms with Crippen LogP contribution in [0.3, 0.4) is 0 Å². The maximum absolute atomic E-state index is 12.8. The number of hydrogen-bond acceptors (Lipinski definition) is 5. The van der Waals surface area contributed by atoms with Gasteiger partial charge in [-0.3, -0.25) is 4.79 Å². The first kappa shape index (κ1) is 22.3. The van der Waals surface area contributed by atoms with E-state index in [2.05, 4.69) is 10.3 Å². The van der Waals surface area contributed by atoms with E-state index in [1.165, 1.54) is 7.11 Å². The van der Waals surface area contributed by atoms with Crippen molar-refractivity contribution in [1.29, 1.82) is 0 Å². The van der Waals surface area contributed by atoms with Crippen LogP contribution in [-0.2, 0) is 16.9 Å². The van der Waals surface area contributed by atoms with Gasteiger partial charge in [-0.2, -0.15) is 13.2 Å². The molecule has 1 heterocycles. The smallest absolute Gasteiger partial charge is 0.496 e. The lowest BCUT2D eigenvalue weighted by Crippen LogP contribution is -2.31. The van der Waals surface area contributed by atoms with Gasteiger partial charge in [-0.05, 0) is 30.3 Å². The third-order valence-corrected chi connectivity index (χ3v) is 6.08. The van der Waals surface area contributed by atoms with Crippen molar-refractivity contribution in [2.45, 2.75) is 16.4 Å². The Morgan fingerprint density at radius 1 is 1.13 bits per heavy atom. The van der Waals surface area contributed by atoms with Crippen LogP contribution in [0.25, 0.3) is 0 Å². The van der Waals surface area contributed by atoms with Gasteiger partial charge >= 0.3 is 5.51 Å². The Morgan fingerprint density at radius 2 is 1.77 bits per heavy atom. The highest BCUT2D eigenvalue weighted by Gasteiger charge is 2.46. The summed E-state index contributed by atoms with van der Waals surface area (Å²) in [6.07, 6.45) is 3.25. The van der Waals surface area contributed by atoms with Gasteiger partial charge in [0.25, 0.3) is 15.7 Å². The van der Waals surface area contributed by atoms with Crippen molar-refractivity contribution in [3.05, 3.63) is 77.9 Å². The number of nitrogens with one attached hydrogen (secondary N) is 1. The fourth-order valence-electron chi connectivity index (χ4n) is 2.98. The van der Waals surface area contributed by atoms with Crippen LogP contribution in [0.5, 0.6) is 5.75 Å². The zero-order valence-corrected chi connectivity index (χ0v) is 17.2. The van der Waals surface area contributed by atoms with Crippen LogP contribution < -0.4 is 10.1 Å². The van der Waals surface area contributed by atoms with Crippen molar-refractivity contribution in [2.24, 2.45) is 7.05 Å². The molecule has 3 rings (SSSR count). The summed E-state index contributed by atoms with van der Waals surface area (Å²) in [5, 5.41) is 2.78. The zero-order valence-electron chi connectivity index (χ0n) is 16.4. The van der Waals surface area contributed by atoms with Crippen molar-refractivity contribution < 1.29 is 31.1 Å². The fraction of sp³-hybridized carbons (Fsp3) is 0.200. The highest BCUT2D eigenvalue weighted by molar-refractivity contribution is 7.92. The average Bonchev–Trinajstić information content (AvgIpc) is 3.16. The summed E-state index contributed by atoms with van der Waals surface area (Å²) in [7, 11) is -2.27. The molecule has 3 aromatic rings. The first-order valence-corrected chi connectivity index (χ1v) is 10.4. The van der Waals surface area contributed by atoms with Gasteiger partial charge in [-0.15, -0.1) is 0 Å². The summed E-state index contributed by atoms with van der Waals surface area (Å²) < 4.78 is 68.2. The zero-order chi connectivity index (χ0) is 22.8. The predicted molar refractivity (Wildman–Crippen MR) is 105 cm³/mol. The lowest BCUT2D eigenvalue weighted by molar-refractivity contribution is -0.0436. The van der Waals surface area contributed by atoms with Crippen LogP contribution in [0.2, 0.25) is 0 Å². The van der Waals surface area contributed by atoms with Gasteiger partial charge in [-0.25, -0.2) is 13.4 Å². The minimum Gasteiger partial charge on any atom is -0.496 e. The number of amides is 1. The van der Waals surface area contributed by atoms with Crippen LogP contribution in [-0.4, -0.2) is 36.5 Å². The number of imidazole rings is 1. The molecular weight excluding hydrogens is 435 g/mol. The van der Waals surface area contributed by atoms with Crippen LogP contribution in [0.4, 0.5) is 13.2 Å². The van der Waals surface area contributed by atoms with E-state index in [0.717, 1.165) is 24.3 Å². The Labute approximate surface area is 176 Å². The molecule has 31 heavy (non-hydrogen) atoms. The van der Waals surface area contributed by atoms with Crippen LogP contribution in [0, 0.1) is 0 Å². The lowest BCUT2D eigenvalue weighted by Gasteiger charge is -2.21. The number of carbonyl (C=O) groups excluding carboxylic acids is 1. The summed E-state index contributed by atoms with van der Waals surface area (Å²) >= 11 is 0. The van der Waals surface area contributed by atoms with E-state index in [9.17, 15) is 26.4 Å². The molecule has 0 saturated carbocycles. The topological polar surface area (TPSA) is 90.3 Å². The van der Waals surface area contributed by atoms with E-state index < -0.39 is 32.2 Å². The van der Waals surface area contributed by atoms with Crippen molar-refractivity contribution in [1.82, 2.24) is 14.9 Å². The SMILES string of the molecule is COc1ccccc1C(NC(=O)c1ccc(S(=O)(=O)C(F)(F)F)cc1)c1nccn1C. The summed E-state index contributed by atoms with van der Waals surface area (Å²) in [5.41, 5.74) is -4.83. The highest BCUT2D eigenvalue weighted by Crippen LogP contribution is 2.31. The maximum Gasteiger partial charge on any atom is 0.501 e. The molecule has 1 aromatic heterocycles. The standard InChI is InChI=1S/C20H18F3N3O4S/c1-26-12-11-24-18(26)17(15-5-3-4-6-16(15)30-2)25-19(27)13-7-9-14(10-8-13)31(28,29)20(21,22)23/h3-12,17H,1-2H3,(H,25,27). The number of aromatic nitrogens is 2. The third kappa shape index (κ3) is 4.41. The molecule has 1 N–H and O–H groups in total. The third-order valence-electron chi connectivity index (χ3n) is 4.57. The second-order valence-corrected chi connectivity index (χ2v) is 8.46. The molecule has 2 aromatic carbocycles. The molecule has 0 aliphatic rings. The summed E-state index contributed by atoms with van der Waals surface area (Å²) in [6, 6.07) is 9.79. The van der Waals surface area contributed by atoms with E-state index in [-0.39, 0.29) is 5.56 Å². The Balaban J connectivity index is 1.94. The molecule has 0 bridgehead atoms. The Bertz CT molecular complexity index is 1190. The molecule has 1 unspecified atom stereocenters. The summed E-state index contributed by atoms with van der Waals surface area (Å²) in [5.74, 6) is 0.367. The number of carbonyl (C=O) groups is 1. The van der Waals surface area contributed by atoms with Crippen LogP contribution in [0.15, 0.2) is 65.8 Å². The normalized spacial score (nSPS) is 12.9. The average molecular weight is 453 g/mol. The van der Waals surface area contributed by atoms with Crippen LogP contribution in [0.1, 0.15) is 27.8 Å². The fourth-order valence-corrected chi connectivity index (χ4v) is 3.74. The number of sulfone groups is 1. The molecule has 0 saturated heterocycles. The van der Waals surface area contributed by atoms with Crippen molar-refractivity contribution in [3.63, 3.8) is 0 Å². The van der Waals surface area contributed by atoms with Crippen LogP contribution >= 0.6 is 0 Å². The van der Waals surface area contributed by atoms with E-state index in [4.69, 9.17) is 4.74 Å². The second kappa shape index (κ2) is 8.42. The molecule has 1 amide bonds. The van der Waals surface area contributed by atoms with Gasteiger partial charge < -0.3 is 14.6 Å².